The maximum Gasteiger partial charge on any atom is 0.239 e. The average molecular weight is 265 g/mol. The Bertz CT molecular complexity index is 462. The van der Waals surface area contributed by atoms with E-state index in [2.05, 4.69) is 10.6 Å². The second-order valence-electron chi connectivity index (χ2n) is 5.08. The lowest BCUT2D eigenvalue weighted by atomic mass is 10.1. The van der Waals surface area contributed by atoms with Crippen LogP contribution >= 0.6 is 0 Å². The molecule has 104 valence electrons. The summed E-state index contributed by atoms with van der Waals surface area (Å²) in [5, 5.41) is 6.08. The minimum Gasteiger partial charge on any atom is -0.360 e. The van der Waals surface area contributed by atoms with E-state index in [4.69, 9.17) is 0 Å². The van der Waals surface area contributed by atoms with E-state index < -0.39 is 0 Å². The van der Waals surface area contributed by atoms with Gasteiger partial charge in [0.15, 0.2) is 0 Å². The van der Waals surface area contributed by atoms with Crippen LogP contribution in [-0.2, 0) is 11.3 Å². The van der Waals surface area contributed by atoms with Crippen molar-refractivity contribution in [2.24, 2.45) is 0 Å². The van der Waals surface area contributed by atoms with Crippen LogP contribution < -0.4 is 15.5 Å². The highest BCUT2D eigenvalue weighted by Gasteiger charge is 2.19. The van der Waals surface area contributed by atoms with Gasteiger partial charge >= 0.3 is 0 Å². The van der Waals surface area contributed by atoms with Crippen LogP contribution in [-0.4, -0.2) is 31.6 Å². The predicted octanol–water partition coefficient (Wildman–Crippen LogP) is 1.26. The first-order valence-corrected chi connectivity index (χ1v) is 6.59. The molecule has 19 heavy (non-hydrogen) atoms. The lowest BCUT2D eigenvalue weighted by Gasteiger charge is -2.30. The fourth-order valence-electron chi connectivity index (χ4n) is 2.16. The van der Waals surface area contributed by atoms with Crippen LogP contribution in [0.1, 0.15) is 19.4 Å². The van der Waals surface area contributed by atoms with Crippen molar-refractivity contribution in [3.63, 3.8) is 0 Å². The molecule has 1 aromatic rings. The summed E-state index contributed by atoms with van der Waals surface area (Å²) in [4.78, 5) is 13.4. The molecular formula is C14H20FN3O. The maximum absolute atomic E-state index is 13.4. The third-order valence-electron chi connectivity index (χ3n) is 3.12. The molecule has 1 aliphatic heterocycles. The number of nitrogens with one attached hydrogen (secondary N) is 2. The minimum absolute atomic E-state index is 0.0124. The Hall–Kier alpha value is -1.62. The molecule has 0 spiro atoms. The highest BCUT2D eigenvalue weighted by atomic mass is 19.1. The zero-order chi connectivity index (χ0) is 13.8. The summed E-state index contributed by atoms with van der Waals surface area (Å²) in [5.41, 5.74) is 1.83. The van der Waals surface area contributed by atoms with Crippen molar-refractivity contribution >= 4 is 11.6 Å². The molecule has 0 aliphatic carbocycles. The fraction of sp³-hybridized carbons (Fsp3) is 0.500. The minimum atomic E-state index is -0.245. The van der Waals surface area contributed by atoms with Crippen LogP contribution in [0.2, 0.25) is 0 Å². The molecule has 1 aromatic carbocycles. The molecule has 0 bridgehead atoms. The highest BCUT2D eigenvalue weighted by molar-refractivity contribution is 5.83. The second-order valence-corrected chi connectivity index (χ2v) is 5.08. The normalized spacial score (nSPS) is 15.8. The highest BCUT2D eigenvalue weighted by Crippen LogP contribution is 2.22. The number of amides is 1. The number of carbonyl (C=O) groups excluding carboxylic acids is 1. The largest absolute Gasteiger partial charge is 0.360 e. The number of carbonyl (C=O) groups is 1. The van der Waals surface area contributed by atoms with Gasteiger partial charge in [0.1, 0.15) is 5.82 Å². The van der Waals surface area contributed by atoms with E-state index in [9.17, 15) is 9.18 Å². The standard InChI is InChI=1S/C14H20FN3O/c1-10(2)17-8-11-7-12(15)3-4-13(11)18-6-5-16-14(19)9-18/h3-4,7,10,17H,5-6,8-9H2,1-2H3,(H,16,19). The van der Waals surface area contributed by atoms with Gasteiger partial charge in [-0.15, -0.1) is 0 Å². The van der Waals surface area contributed by atoms with Crippen LogP contribution in [0.5, 0.6) is 0 Å². The molecule has 2 rings (SSSR count). The molecule has 0 atom stereocenters. The third kappa shape index (κ3) is 3.67. The number of anilines is 1. The Labute approximate surface area is 113 Å². The van der Waals surface area contributed by atoms with Gasteiger partial charge in [0.25, 0.3) is 0 Å². The van der Waals surface area contributed by atoms with Crippen LogP contribution in [0.3, 0.4) is 0 Å². The first-order chi connectivity index (χ1) is 9.06. The SMILES string of the molecule is CC(C)NCc1cc(F)ccc1N1CCNC(=O)C1. The Kier molecular flexibility index (Phi) is 4.37. The summed E-state index contributed by atoms with van der Waals surface area (Å²) in [6, 6.07) is 5.07. The van der Waals surface area contributed by atoms with E-state index in [0.29, 0.717) is 25.7 Å². The van der Waals surface area contributed by atoms with Crippen molar-refractivity contribution in [3.05, 3.63) is 29.6 Å². The van der Waals surface area contributed by atoms with Gasteiger partial charge < -0.3 is 15.5 Å². The summed E-state index contributed by atoms with van der Waals surface area (Å²) in [6.07, 6.45) is 0. The molecule has 0 aromatic heterocycles. The van der Waals surface area contributed by atoms with Gasteiger partial charge in [-0.3, -0.25) is 4.79 Å². The molecule has 4 nitrogen and oxygen atoms in total. The molecule has 1 amide bonds. The number of piperazine rings is 1. The van der Waals surface area contributed by atoms with E-state index in [1.54, 1.807) is 6.07 Å². The van der Waals surface area contributed by atoms with Gasteiger partial charge in [-0.05, 0) is 23.8 Å². The second kappa shape index (κ2) is 6.02. The molecule has 5 heteroatoms. The molecule has 0 saturated carbocycles. The molecule has 1 aliphatic rings. The lowest BCUT2D eigenvalue weighted by Crippen LogP contribution is -2.48. The Morgan fingerprint density at radius 2 is 2.26 bits per heavy atom. The van der Waals surface area contributed by atoms with Gasteiger partial charge in [-0.25, -0.2) is 4.39 Å². The van der Waals surface area contributed by atoms with Crippen molar-refractivity contribution < 1.29 is 9.18 Å². The summed E-state index contributed by atoms with van der Waals surface area (Å²) >= 11 is 0. The van der Waals surface area contributed by atoms with Crippen molar-refractivity contribution in [2.75, 3.05) is 24.5 Å². The average Bonchev–Trinajstić information content (AvgIpc) is 2.36. The number of benzene rings is 1. The number of hydrogen-bond donors (Lipinski definition) is 2. The van der Waals surface area contributed by atoms with Gasteiger partial charge in [0.05, 0.1) is 6.54 Å². The smallest absolute Gasteiger partial charge is 0.239 e. The van der Waals surface area contributed by atoms with E-state index in [1.165, 1.54) is 12.1 Å². The molecule has 2 N–H and O–H groups in total. The molecule has 1 heterocycles. The zero-order valence-electron chi connectivity index (χ0n) is 11.4. The fourth-order valence-corrected chi connectivity index (χ4v) is 2.16. The van der Waals surface area contributed by atoms with Crippen molar-refractivity contribution in [1.82, 2.24) is 10.6 Å². The first kappa shape index (κ1) is 13.8. The topological polar surface area (TPSA) is 44.4 Å². The van der Waals surface area contributed by atoms with Crippen molar-refractivity contribution in [3.8, 4) is 0 Å². The molecule has 1 saturated heterocycles. The first-order valence-electron chi connectivity index (χ1n) is 6.59. The maximum atomic E-state index is 13.4. The number of rotatable bonds is 4. The van der Waals surface area contributed by atoms with E-state index >= 15 is 0 Å². The monoisotopic (exact) mass is 265 g/mol. The molecule has 0 unspecified atom stereocenters. The van der Waals surface area contributed by atoms with E-state index in [-0.39, 0.29) is 11.7 Å². The van der Waals surface area contributed by atoms with Crippen molar-refractivity contribution in [1.29, 1.82) is 0 Å². The van der Waals surface area contributed by atoms with E-state index in [1.807, 2.05) is 18.7 Å². The van der Waals surface area contributed by atoms with Gasteiger partial charge in [-0.1, -0.05) is 13.8 Å². The van der Waals surface area contributed by atoms with Gasteiger partial charge in [0.2, 0.25) is 5.91 Å². The summed E-state index contributed by atoms with van der Waals surface area (Å²) in [7, 11) is 0. The van der Waals surface area contributed by atoms with Crippen LogP contribution in [0.25, 0.3) is 0 Å². The third-order valence-corrected chi connectivity index (χ3v) is 3.12. The lowest BCUT2D eigenvalue weighted by molar-refractivity contribution is -0.120. The van der Waals surface area contributed by atoms with Gasteiger partial charge in [-0.2, -0.15) is 0 Å². The Morgan fingerprint density at radius 3 is 2.95 bits per heavy atom. The Morgan fingerprint density at radius 1 is 1.47 bits per heavy atom. The van der Waals surface area contributed by atoms with Crippen LogP contribution in [0.15, 0.2) is 18.2 Å². The summed E-state index contributed by atoms with van der Waals surface area (Å²) in [6.45, 7) is 6.42. The quantitative estimate of drug-likeness (QED) is 0.861. The van der Waals surface area contributed by atoms with Crippen LogP contribution in [0.4, 0.5) is 10.1 Å². The van der Waals surface area contributed by atoms with Gasteiger partial charge in [0, 0.05) is 31.4 Å². The molecule has 0 radical (unpaired) electrons. The Balaban J connectivity index is 2.20. The number of halogens is 1. The van der Waals surface area contributed by atoms with Crippen molar-refractivity contribution in [2.45, 2.75) is 26.4 Å². The number of nitrogens with zero attached hydrogens (tertiary/aromatic N) is 1. The van der Waals surface area contributed by atoms with E-state index in [0.717, 1.165) is 17.8 Å². The molecule has 1 fully saturated rings. The summed E-state index contributed by atoms with van der Waals surface area (Å²) in [5.74, 6) is -0.232. The zero-order valence-corrected chi connectivity index (χ0v) is 11.4. The summed E-state index contributed by atoms with van der Waals surface area (Å²) < 4.78 is 13.4. The van der Waals surface area contributed by atoms with Crippen LogP contribution in [0, 0.1) is 5.82 Å². The number of hydrogen-bond acceptors (Lipinski definition) is 3. The predicted molar refractivity (Wildman–Crippen MR) is 73.6 cm³/mol. The molecular weight excluding hydrogens is 245 g/mol.